The normalized spacial score (nSPS) is 14.5. The van der Waals surface area contributed by atoms with E-state index < -0.39 is 0 Å². The summed E-state index contributed by atoms with van der Waals surface area (Å²) in [5.74, 6) is -0.305. The molecule has 2 rings (SSSR count). The van der Waals surface area contributed by atoms with Crippen molar-refractivity contribution >= 4 is 23.2 Å². The molecule has 0 aliphatic carbocycles. The topological polar surface area (TPSA) is 79.7 Å². The molecule has 7 heteroatoms. The van der Waals surface area contributed by atoms with E-state index in [1.807, 2.05) is 30.3 Å². The third-order valence-corrected chi connectivity index (χ3v) is 4.74. The number of benzene rings is 1. The van der Waals surface area contributed by atoms with Crippen LogP contribution in [0.15, 0.2) is 36.0 Å². The summed E-state index contributed by atoms with van der Waals surface area (Å²) < 4.78 is 0. The number of nitrogens with zero attached hydrogens (tertiary/aromatic N) is 4. The van der Waals surface area contributed by atoms with Crippen LogP contribution in [0.3, 0.4) is 0 Å². The maximum absolute atomic E-state index is 12.5. The van der Waals surface area contributed by atoms with E-state index in [2.05, 4.69) is 24.1 Å². The predicted molar refractivity (Wildman–Crippen MR) is 106 cm³/mol. The number of piperazine rings is 1. The fourth-order valence-corrected chi connectivity index (χ4v) is 3.05. The highest BCUT2D eigenvalue weighted by molar-refractivity contribution is 5.97. The van der Waals surface area contributed by atoms with Crippen LogP contribution >= 0.6 is 0 Å². The number of nitrogens with one attached hydrogen (secondary N) is 1. The van der Waals surface area contributed by atoms with Gasteiger partial charge in [-0.25, -0.2) is 0 Å². The maximum Gasteiger partial charge on any atom is 0.266 e. The van der Waals surface area contributed by atoms with Crippen LogP contribution in [-0.2, 0) is 9.59 Å². The predicted octanol–water partition coefficient (Wildman–Crippen LogP) is 2.04. The van der Waals surface area contributed by atoms with Crippen molar-refractivity contribution in [3.63, 3.8) is 0 Å². The largest absolute Gasteiger partial charge is 0.372 e. The van der Waals surface area contributed by atoms with Gasteiger partial charge in [0.05, 0.1) is 0 Å². The number of hydrogen-bond donors (Lipinski definition) is 1. The fraction of sp³-hybridized carbons (Fsp3) is 0.450. The van der Waals surface area contributed by atoms with Gasteiger partial charge in [-0.15, -0.1) is 0 Å². The molecule has 144 valence electrons. The molecule has 1 fully saturated rings. The van der Waals surface area contributed by atoms with Gasteiger partial charge in [-0.3, -0.25) is 9.59 Å². The number of rotatable bonds is 6. The highest BCUT2D eigenvalue weighted by Gasteiger charge is 2.24. The lowest BCUT2D eigenvalue weighted by molar-refractivity contribution is -0.136. The molecular weight excluding hydrogens is 342 g/mol. The molecule has 0 unspecified atom stereocenters. The summed E-state index contributed by atoms with van der Waals surface area (Å²) in [4.78, 5) is 29.5. The van der Waals surface area contributed by atoms with Crippen molar-refractivity contribution in [2.45, 2.75) is 20.8 Å². The van der Waals surface area contributed by atoms with Crippen molar-refractivity contribution in [1.82, 2.24) is 9.80 Å². The standard InChI is InChI=1S/C20H27N5O2/c1-4-23(5-2)19-8-6-18(7-9-19)22-15-17(14-21)20(27)25-12-10-24(11-13-25)16(3)26/h6-9,15,22H,4-5,10-13H2,1-3H3/b17-15-. The minimum absolute atomic E-state index is 0.00738. The molecule has 7 nitrogen and oxygen atoms in total. The van der Waals surface area contributed by atoms with Gasteiger partial charge >= 0.3 is 0 Å². The van der Waals surface area contributed by atoms with Crippen LogP contribution in [-0.4, -0.2) is 60.9 Å². The number of nitriles is 1. The SMILES string of the molecule is CCN(CC)c1ccc(N/C=C(/C#N)C(=O)N2CCN(C(C)=O)CC2)cc1. The van der Waals surface area contributed by atoms with Crippen LogP contribution < -0.4 is 10.2 Å². The summed E-state index contributed by atoms with van der Waals surface area (Å²) in [6, 6.07) is 9.85. The van der Waals surface area contributed by atoms with Crippen LogP contribution in [0.1, 0.15) is 20.8 Å². The van der Waals surface area contributed by atoms with Crippen molar-refractivity contribution in [3.05, 3.63) is 36.0 Å². The first-order chi connectivity index (χ1) is 13.0. The zero-order valence-electron chi connectivity index (χ0n) is 16.2. The van der Waals surface area contributed by atoms with Crippen LogP contribution in [0.5, 0.6) is 0 Å². The molecule has 1 saturated heterocycles. The second-order valence-corrected chi connectivity index (χ2v) is 6.33. The van der Waals surface area contributed by atoms with Crippen LogP contribution in [0.2, 0.25) is 0 Å². The van der Waals surface area contributed by atoms with E-state index in [-0.39, 0.29) is 17.4 Å². The number of carbonyl (C=O) groups is 2. The molecule has 1 N–H and O–H groups in total. The molecule has 27 heavy (non-hydrogen) atoms. The number of hydrogen-bond acceptors (Lipinski definition) is 5. The lowest BCUT2D eigenvalue weighted by Crippen LogP contribution is -2.50. The first kappa shape index (κ1) is 20.3. The Balaban J connectivity index is 1.99. The summed E-state index contributed by atoms with van der Waals surface area (Å²) in [5.41, 5.74) is 2.00. The van der Waals surface area contributed by atoms with Gasteiger partial charge < -0.3 is 20.0 Å². The molecule has 0 saturated carbocycles. The summed E-state index contributed by atoms with van der Waals surface area (Å²) >= 11 is 0. The second-order valence-electron chi connectivity index (χ2n) is 6.33. The summed E-state index contributed by atoms with van der Waals surface area (Å²) in [5, 5.41) is 12.4. The summed E-state index contributed by atoms with van der Waals surface area (Å²) in [6.45, 7) is 9.50. The van der Waals surface area contributed by atoms with Crippen LogP contribution in [0.4, 0.5) is 11.4 Å². The smallest absolute Gasteiger partial charge is 0.266 e. The van der Waals surface area contributed by atoms with E-state index in [0.717, 1.165) is 24.5 Å². The Labute approximate surface area is 160 Å². The third kappa shape index (κ3) is 5.23. The lowest BCUT2D eigenvalue weighted by atomic mass is 10.2. The van der Waals surface area contributed by atoms with E-state index in [1.54, 1.807) is 9.80 Å². The average Bonchev–Trinajstić information content (AvgIpc) is 2.70. The first-order valence-electron chi connectivity index (χ1n) is 9.26. The first-order valence-corrected chi connectivity index (χ1v) is 9.26. The Morgan fingerprint density at radius 3 is 2.15 bits per heavy atom. The molecule has 1 aliphatic rings. The second kappa shape index (κ2) is 9.62. The third-order valence-electron chi connectivity index (χ3n) is 4.74. The minimum Gasteiger partial charge on any atom is -0.372 e. The van der Waals surface area contributed by atoms with Crippen molar-refractivity contribution in [2.24, 2.45) is 0 Å². The monoisotopic (exact) mass is 369 g/mol. The highest BCUT2D eigenvalue weighted by Crippen LogP contribution is 2.18. The number of amides is 2. The zero-order valence-corrected chi connectivity index (χ0v) is 16.2. The van der Waals surface area contributed by atoms with Gasteiger partial charge in [0.1, 0.15) is 11.6 Å². The molecule has 2 amide bonds. The molecule has 0 atom stereocenters. The van der Waals surface area contributed by atoms with Gasteiger partial charge in [-0.1, -0.05) is 0 Å². The molecule has 0 aromatic heterocycles. The Hall–Kier alpha value is -3.01. The summed E-state index contributed by atoms with van der Waals surface area (Å²) in [7, 11) is 0. The Kier molecular flexibility index (Phi) is 7.24. The Morgan fingerprint density at radius 2 is 1.67 bits per heavy atom. The van der Waals surface area contributed by atoms with Crippen molar-refractivity contribution in [1.29, 1.82) is 5.26 Å². The molecule has 1 aliphatic heterocycles. The zero-order chi connectivity index (χ0) is 19.8. The van der Waals surface area contributed by atoms with Gasteiger partial charge in [0, 0.05) is 63.8 Å². The fourth-order valence-electron chi connectivity index (χ4n) is 3.05. The van der Waals surface area contributed by atoms with Crippen molar-refractivity contribution in [3.8, 4) is 6.07 Å². The molecule has 0 spiro atoms. The highest BCUT2D eigenvalue weighted by atomic mass is 16.2. The van der Waals surface area contributed by atoms with E-state index in [4.69, 9.17) is 0 Å². The summed E-state index contributed by atoms with van der Waals surface area (Å²) in [6.07, 6.45) is 1.45. The van der Waals surface area contributed by atoms with Gasteiger partial charge in [0.2, 0.25) is 5.91 Å². The molecule has 1 aromatic carbocycles. The molecule has 1 aromatic rings. The van der Waals surface area contributed by atoms with Crippen LogP contribution in [0, 0.1) is 11.3 Å². The maximum atomic E-state index is 12.5. The van der Waals surface area contributed by atoms with Gasteiger partial charge in [0.25, 0.3) is 5.91 Å². The van der Waals surface area contributed by atoms with Crippen LogP contribution in [0.25, 0.3) is 0 Å². The van der Waals surface area contributed by atoms with E-state index in [0.29, 0.717) is 26.2 Å². The minimum atomic E-state index is -0.312. The Bertz CT molecular complexity index is 724. The average molecular weight is 369 g/mol. The van der Waals surface area contributed by atoms with Crippen molar-refractivity contribution < 1.29 is 9.59 Å². The molecule has 0 radical (unpaired) electrons. The number of carbonyl (C=O) groups excluding carboxylic acids is 2. The quantitative estimate of drug-likeness (QED) is 0.613. The van der Waals surface area contributed by atoms with E-state index in [1.165, 1.54) is 13.1 Å². The van der Waals surface area contributed by atoms with Gasteiger partial charge in [-0.05, 0) is 38.1 Å². The molecular formula is C20H27N5O2. The van der Waals surface area contributed by atoms with E-state index in [9.17, 15) is 14.9 Å². The lowest BCUT2D eigenvalue weighted by Gasteiger charge is -2.34. The molecule has 1 heterocycles. The van der Waals surface area contributed by atoms with Gasteiger partial charge in [0.15, 0.2) is 0 Å². The molecule has 0 bridgehead atoms. The number of anilines is 2. The van der Waals surface area contributed by atoms with Crippen molar-refractivity contribution in [2.75, 3.05) is 49.5 Å². The van der Waals surface area contributed by atoms with Gasteiger partial charge in [-0.2, -0.15) is 5.26 Å². The van der Waals surface area contributed by atoms with E-state index >= 15 is 0 Å². The Morgan fingerprint density at radius 1 is 1.11 bits per heavy atom.